The number of likely N-dealkylation sites (tertiary alicyclic amines) is 1. The van der Waals surface area contributed by atoms with Gasteiger partial charge in [-0.05, 0) is 62.1 Å². The van der Waals surface area contributed by atoms with E-state index in [0.717, 1.165) is 44.9 Å². The minimum atomic E-state index is 0.0531. The largest absolute Gasteiger partial charge is 0.378 e. The predicted octanol–water partition coefficient (Wildman–Crippen LogP) is 2.53. The molecular weight excluding hydrogens is 290 g/mol. The molecule has 126 valence electrons. The highest BCUT2D eigenvalue weighted by Gasteiger charge is 2.26. The molecule has 0 spiro atoms. The fraction of sp³-hybridized carbons (Fsp3) is 0.667. The van der Waals surface area contributed by atoms with Gasteiger partial charge in [-0.3, -0.25) is 4.98 Å². The number of piperidine rings is 1. The van der Waals surface area contributed by atoms with Gasteiger partial charge < -0.3 is 15.0 Å². The van der Waals surface area contributed by atoms with E-state index in [2.05, 4.69) is 17.2 Å². The van der Waals surface area contributed by atoms with E-state index < -0.39 is 0 Å². The van der Waals surface area contributed by atoms with Gasteiger partial charge in [-0.1, -0.05) is 0 Å². The molecule has 2 amide bonds. The van der Waals surface area contributed by atoms with Crippen LogP contribution in [0.2, 0.25) is 0 Å². The van der Waals surface area contributed by atoms with Gasteiger partial charge in [0.2, 0.25) is 0 Å². The third-order valence-electron chi connectivity index (χ3n) is 4.80. The summed E-state index contributed by atoms with van der Waals surface area (Å²) in [6.45, 7) is 5.24. The fourth-order valence-electron chi connectivity index (χ4n) is 2.98. The molecule has 1 saturated heterocycles. The van der Waals surface area contributed by atoms with Crippen molar-refractivity contribution in [1.82, 2.24) is 15.2 Å². The first-order valence-electron chi connectivity index (χ1n) is 8.76. The molecule has 2 aliphatic rings. The van der Waals surface area contributed by atoms with Crippen LogP contribution in [0.5, 0.6) is 0 Å². The van der Waals surface area contributed by atoms with Crippen LogP contribution in [0, 0.1) is 12.8 Å². The summed E-state index contributed by atoms with van der Waals surface area (Å²) in [5.41, 5.74) is 2.42. The van der Waals surface area contributed by atoms with Crippen molar-refractivity contribution in [3.05, 3.63) is 29.6 Å². The molecule has 2 heterocycles. The number of nitrogens with zero attached hydrogens (tertiary/aromatic N) is 2. The first-order valence-corrected chi connectivity index (χ1v) is 8.76. The minimum absolute atomic E-state index is 0.0531. The molecule has 0 radical (unpaired) electrons. The van der Waals surface area contributed by atoms with Crippen molar-refractivity contribution in [2.24, 2.45) is 5.92 Å². The summed E-state index contributed by atoms with van der Waals surface area (Å²) in [6.07, 6.45) is 9.45. The van der Waals surface area contributed by atoms with Crippen molar-refractivity contribution in [2.45, 2.75) is 45.1 Å². The summed E-state index contributed by atoms with van der Waals surface area (Å²) in [5.74, 6) is 0.813. The summed E-state index contributed by atoms with van der Waals surface area (Å²) in [7, 11) is 0. The molecule has 5 nitrogen and oxygen atoms in total. The Balaban J connectivity index is 1.33. The zero-order valence-electron chi connectivity index (χ0n) is 14.0. The van der Waals surface area contributed by atoms with E-state index in [9.17, 15) is 4.79 Å². The molecule has 2 fully saturated rings. The number of amides is 2. The number of pyridine rings is 1. The lowest BCUT2D eigenvalue weighted by atomic mass is 10.1. The van der Waals surface area contributed by atoms with Crippen LogP contribution >= 0.6 is 0 Å². The Hall–Kier alpha value is -1.62. The van der Waals surface area contributed by atoms with Gasteiger partial charge in [-0.15, -0.1) is 0 Å². The number of carbonyl (C=O) groups excluding carboxylic acids is 1. The third-order valence-corrected chi connectivity index (χ3v) is 4.80. The van der Waals surface area contributed by atoms with Crippen LogP contribution in [0.3, 0.4) is 0 Å². The van der Waals surface area contributed by atoms with Crippen molar-refractivity contribution in [2.75, 3.05) is 26.2 Å². The van der Waals surface area contributed by atoms with Crippen molar-refractivity contribution in [1.29, 1.82) is 0 Å². The van der Waals surface area contributed by atoms with Gasteiger partial charge in [0, 0.05) is 38.6 Å². The average molecular weight is 317 g/mol. The molecule has 23 heavy (non-hydrogen) atoms. The number of carbonyl (C=O) groups is 1. The quantitative estimate of drug-likeness (QED) is 0.877. The van der Waals surface area contributed by atoms with Crippen molar-refractivity contribution in [3.8, 4) is 0 Å². The maximum Gasteiger partial charge on any atom is 0.317 e. The highest BCUT2D eigenvalue weighted by Crippen LogP contribution is 2.30. The van der Waals surface area contributed by atoms with E-state index in [0.29, 0.717) is 12.6 Å². The van der Waals surface area contributed by atoms with Crippen LogP contribution < -0.4 is 5.32 Å². The zero-order chi connectivity index (χ0) is 16.1. The summed E-state index contributed by atoms with van der Waals surface area (Å²) in [6, 6.07) is 2.07. The molecule has 1 aliphatic carbocycles. The van der Waals surface area contributed by atoms with Crippen molar-refractivity contribution in [3.63, 3.8) is 0 Å². The van der Waals surface area contributed by atoms with Gasteiger partial charge in [0.25, 0.3) is 0 Å². The molecule has 0 atom stereocenters. The Morgan fingerprint density at radius 2 is 2.13 bits per heavy atom. The summed E-state index contributed by atoms with van der Waals surface area (Å²) < 4.78 is 5.92. The maximum absolute atomic E-state index is 12.2. The lowest BCUT2D eigenvalue weighted by Gasteiger charge is -2.32. The monoisotopic (exact) mass is 317 g/mol. The summed E-state index contributed by atoms with van der Waals surface area (Å²) in [5, 5.41) is 3.03. The van der Waals surface area contributed by atoms with Gasteiger partial charge in [0.1, 0.15) is 0 Å². The molecule has 1 saturated carbocycles. The molecule has 5 heteroatoms. The fourth-order valence-corrected chi connectivity index (χ4v) is 2.98. The number of aryl methyl sites for hydroxylation is 1. The number of hydrogen-bond acceptors (Lipinski definition) is 3. The molecule has 0 unspecified atom stereocenters. The molecule has 1 aromatic heterocycles. The first-order chi connectivity index (χ1) is 11.2. The van der Waals surface area contributed by atoms with E-state index >= 15 is 0 Å². The molecular formula is C18H27N3O2. The summed E-state index contributed by atoms with van der Waals surface area (Å²) in [4.78, 5) is 18.2. The van der Waals surface area contributed by atoms with E-state index in [1.807, 2.05) is 17.2 Å². The van der Waals surface area contributed by atoms with Crippen LogP contribution in [-0.4, -0.2) is 48.3 Å². The normalized spacial score (nSPS) is 18.9. The molecule has 1 N–H and O–H groups in total. The second kappa shape index (κ2) is 7.77. The van der Waals surface area contributed by atoms with Crippen LogP contribution in [0.15, 0.2) is 18.5 Å². The first kappa shape index (κ1) is 16.2. The second-order valence-corrected chi connectivity index (χ2v) is 6.75. The Morgan fingerprint density at radius 3 is 2.83 bits per heavy atom. The van der Waals surface area contributed by atoms with Gasteiger partial charge in [-0.25, -0.2) is 4.79 Å². The summed E-state index contributed by atoms with van der Waals surface area (Å²) >= 11 is 0. The number of nitrogens with one attached hydrogen (secondary N) is 1. The zero-order valence-corrected chi connectivity index (χ0v) is 14.0. The topological polar surface area (TPSA) is 54.5 Å². The van der Waals surface area contributed by atoms with Gasteiger partial charge in [0.05, 0.1) is 6.10 Å². The number of aromatic nitrogens is 1. The molecule has 0 bridgehead atoms. The van der Waals surface area contributed by atoms with Crippen molar-refractivity contribution < 1.29 is 9.53 Å². The van der Waals surface area contributed by atoms with Crippen LogP contribution in [0.4, 0.5) is 4.79 Å². The SMILES string of the molecule is Cc1cnccc1CCNC(=O)N1CCC(OCC2CC2)CC1. The average Bonchev–Trinajstić information content (AvgIpc) is 3.39. The number of hydrogen-bond donors (Lipinski definition) is 1. The Kier molecular flexibility index (Phi) is 5.49. The Bertz CT molecular complexity index is 523. The van der Waals surface area contributed by atoms with Crippen LogP contribution in [0.1, 0.15) is 36.8 Å². The van der Waals surface area contributed by atoms with Gasteiger partial charge in [-0.2, -0.15) is 0 Å². The molecule has 1 aliphatic heterocycles. The lowest BCUT2D eigenvalue weighted by Crippen LogP contribution is -2.46. The molecule has 1 aromatic rings. The van der Waals surface area contributed by atoms with Crippen molar-refractivity contribution >= 4 is 6.03 Å². The predicted molar refractivity (Wildman–Crippen MR) is 89.3 cm³/mol. The van der Waals surface area contributed by atoms with Gasteiger partial charge in [0.15, 0.2) is 0 Å². The number of rotatable bonds is 6. The van der Waals surface area contributed by atoms with E-state index in [1.165, 1.54) is 24.0 Å². The highest BCUT2D eigenvalue weighted by molar-refractivity contribution is 5.74. The van der Waals surface area contributed by atoms with E-state index in [1.54, 1.807) is 6.20 Å². The highest BCUT2D eigenvalue weighted by atomic mass is 16.5. The number of ether oxygens (including phenoxy) is 1. The smallest absolute Gasteiger partial charge is 0.317 e. The lowest BCUT2D eigenvalue weighted by molar-refractivity contribution is 0.00951. The standard InChI is InChI=1S/C18H27N3O2/c1-14-12-19-8-4-16(14)5-9-20-18(22)21-10-6-17(7-11-21)23-13-15-2-3-15/h4,8,12,15,17H,2-3,5-7,9-11,13H2,1H3,(H,20,22). The Morgan fingerprint density at radius 1 is 1.35 bits per heavy atom. The Labute approximate surface area is 138 Å². The van der Waals surface area contributed by atoms with E-state index in [-0.39, 0.29) is 6.03 Å². The maximum atomic E-state index is 12.2. The van der Waals surface area contributed by atoms with Gasteiger partial charge >= 0.3 is 6.03 Å². The van der Waals surface area contributed by atoms with E-state index in [4.69, 9.17) is 4.74 Å². The third kappa shape index (κ3) is 4.93. The second-order valence-electron chi connectivity index (χ2n) is 6.75. The van der Waals surface area contributed by atoms with Crippen LogP contribution in [-0.2, 0) is 11.2 Å². The molecule has 3 rings (SSSR count). The molecule has 0 aromatic carbocycles. The number of urea groups is 1. The minimum Gasteiger partial charge on any atom is -0.378 e. The van der Waals surface area contributed by atoms with Crippen LogP contribution in [0.25, 0.3) is 0 Å².